The van der Waals surface area contributed by atoms with Gasteiger partial charge < -0.3 is 51.2 Å². The molecule has 62 heavy (non-hydrogen) atoms. The number of carbonyl (C=O) groups excluding carboxylic acids is 2. The van der Waals surface area contributed by atoms with Crippen LogP contribution in [0.3, 0.4) is 0 Å². The van der Waals surface area contributed by atoms with E-state index < -0.39 is 101 Å². The summed E-state index contributed by atoms with van der Waals surface area (Å²) >= 11 is 6.17. The van der Waals surface area contributed by atoms with E-state index in [0.717, 1.165) is 31.3 Å². The van der Waals surface area contributed by atoms with E-state index in [-0.39, 0.29) is 35.6 Å². The van der Waals surface area contributed by atoms with Crippen LogP contribution in [-0.2, 0) is 48.2 Å². The van der Waals surface area contributed by atoms with Crippen LogP contribution in [-0.4, -0.2) is 116 Å². The molecule has 1 amide bonds. The molecule has 1 aliphatic heterocycles. The van der Waals surface area contributed by atoms with Crippen molar-refractivity contribution in [3.8, 4) is 0 Å². The van der Waals surface area contributed by atoms with Gasteiger partial charge in [-0.25, -0.2) is 28.9 Å². The maximum atomic E-state index is 14.2. The number of aliphatic hydroxyl groups is 2. The van der Waals surface area contributed by atoms with Crippen LogP contribution >= 0.6 is 27.2 Å². The molecule has 10 N–H and O–H groups in total. The molecule has 24 nitrogen and oxygen atoms in total. The summed E-state index contributed by atoms with van der Waals surface area (Å²) in [5.41, 5.74) is 11.4. The number of benzene rings is 1. The summed E-state index contributed by atoms with van der Waals surface area (Å²) < 4.78 is 53.5. The third-order valence-corrected chi connectivity index (χ3v) is 11.4. The summed E-state index contributed by atoms with van der Waals surface area (Å²) in [6.45, 7) is 1.70. The van der Waals surface area contributed by atoms with Crippen LogP contribution in [0.5, 0.6) is 0 Å². The third-order valence-electron chi connectivity index (χ3n) is 9.69. The van der Waals surface area contributed by atoms with Crippen molar-refractivity contribution < 1.29 is 66.7 Å². The lowest BCUT2D eigenvalue weighted by Crippen LogP contribution is -2.44. The second kappa shape index (κ2) is 21.2. The Morgan fingerprint density at radius 1 is 1.15 bits per heavy atom. The number of Topliss-reactive ketones (excluding diaryl/α,β-unsaturated/α-hetero) is 1. The number of aliphatic hydroxyl groups excluding tert-OH is 2. The van der Waals surface area contributed by atoms with E-state index in [1.54, 1.807) is 30.3 Å². The molecule has 0 spiro atoms. The smallest absolute Gasteiger partial charge is 0.388 e. The number of nitrogens with one attached hydrogen (secondary N) is 1. The summed E-state index contributed by atoms with van der Waals surface area (Å²) in [6.07, 6.45) is -5.21. The second-order valence-corrected chi connectivity index (χ2v) is 17.0. The summed E-state index contributed by atoms with van der Waals surface area (Å²) in [7, 11) is -9.66. The van der Waals surface area contributed by atoms with Crippen LogP contribution in [0.15, 0.2) is 66.6 Å². The highest BCUT2D eigenvalue weighted by Crippen LogP contribution is 2.49. The molecule has 4 aromatic rings. The molecule has 9 atom stereocenters. The van der Waals surface area contributed by atoms with Crippen molar-refractivity contribution in [1.82, 2.24) is 34.4 Å². The number of carbonyl (C=O) groups is 2. The first-order valence-corrected chi connectivity index (χ1v) is 22.1. The van der Waals surface area contributed by atoms with Gasteiger partial charge in [0.25, 0.3) is 0 Å². The number of hydrogen-bond donors (Lipinski definition) is 8. The quantitative estimate of drug-likeness (QED) is 0.0379. The van der Waals surface area contributed by atoms with Gasteiger partial charge in [0, 0.05) is 37.1 Å². The van der Waals surface area contributed by atoms with E-state index in [2.05, 4.69) is 36.4 Å². The number of imidazole rings is 1. The average Bonchev–Trinajstić information content (AvgIpc) is 3.77. The molecule has 338 valence electrons. The van der Waals surface area contributed by atoms with Gasteiger partial charge in [0.1, 0.15) is 36.0 Å². The van der Waals surface area contributed by atoms with E-state index in [0.29, 0.717) is 22.4 Å². The van der Waals surface area contributed by atoms with E-state index in [4.69, 9.17) is 41.6 Å². The molecule has 3 aromatic heterocycles. The Morgan fingerprint density at radius 3 is 2.58 bits per heavy atom. The van der Waals surface area contributed by atoms with Crippen molar-refractivity contribution in [3.63, 3.8) is 0 Å². The zero-order valence-electron chi connectivity index (χ0n) is 32.9. The molecule has 1 aliphatic rings. The number of rotatable bonds is 23. The van der Waals surface area contributed by atoms with E-state index >= 15 is 0 Å². The number of methoxy groups -OCH3 is 1. The Labute approximate surface area is 357 Å². The third kappa shape index (κ3) is 12.8. The normalized spacial score (nSPS) is 20.9. The van der Waals surface area contributed by atoms with Gasteiger partial charge in [-0.05, 0) is 43.0 Å². The molecule has 1 saturated heterocycles. The van der Waals surface area contributed by atoms with E-state index in [9.17, 15) is 48.4 Å². The van der Waals surface area contributed by atoms with E-state index in [1.807, 2.05) is 0 Å². The lowest BCUT2D eigenvalue weighted by Gasteiger charge is -2.31. The van der Waals surface area contributed by atoms with Crippen molar-refractivity contribution in [2.45, 2.75) is 75.0 Å². The summed E-state index contributed by atoms with van der Waals surface area (Å²) in [6, 6.07) is 6.95. The Balaban J connectivity index is 1.43. The maximum absolute atomic E-state index is 14.2. The number of ketones is 1. The Hall–Kier alpha value is -4.52. The minimum absolute atomic E-state index is 0.00951. The molecule has 5 rings (SSSR count). The first-order chi connectivity index (χ1) is 29.3. The SMILES string of the molecule is C=CCCC(=O)N[C@@H](CCc1cccc(Cl)c1)C(=O)C[C@H]1[C@@H](O)[C@H](n2cnc3c(N)ncnc32)O[C@@H]1COP(=O)(O)O[C@@H]([C@@H](O)n1ccc(N)nc1=O)[C@@H](COP(=O)(O)O)OC. The van der Waals surface area contributed by atoms with Gasteiger partial charge in [0.05, 0.1) is 31.7 Å². The number of phosphoric acid groups is 2. The number of halogens is 1. The van der Waals surface area contributed by atoms with Crippen molar-refractivity contribution >= 4 is 61.7 Å². The molecular weight excluding hydrogens is 884 g/mol. The van der Waals surface area contributed by atoms with Gasteiger partial charge in [-0.1, -0.05) is 29.8 Å². The van der Waals surface area contributed by atoms with Crippen molar-refractivity contribution in [3.05, 3.63) is 82.9 Å². The number of nitrogen functional groups attached to an aromatic ring is 2. The lowest BCUT2D eigenvalue weighted by atomic mass is 9.88. The number of aromatic nitrogens is 6. The second-order valence-electron chi connectivity index (χ2n) is 13.9. The van der Waals surface area contributed by atoms with Crippen LogP contribution in [0.25, 0.3) is 11.2 Å². The molecule has 1 fully saturated rings. The maximum Gasteiger partial charge on any atom is 0.472 e. The molecule has 0 radical (unpaired) electrons. The van der Waals surface area contributed by atoms with Crippen LogP contribution in [0, 0.1) is 5.92 Å². The van der Waals surface area contributed by atoms with Gasteiger partial charge in [-0.2, -0.15) is 4.98 Å². The number of nitrogens with two attached hydrogens (primary N) is 2. The van der Waals surface area contributed by atoms with E-state index in [1.165, 1.54) is 10.9 Å². The topological polar surface area (TPSA) is 358 Å². The monoisotopic (exact) mass is 929 g/mol. The van der Waals surface area contributed by atoms with Gasteiger partial charge in [-0.15, -0.1) is 6.58 Å². The molecule has 1 unspecified atom stereocenters. The van der Waals surface area contributed by atoms with Crippen LogP contribution < -0.4 is 22.5 Å². The summed E-state index contributed by atoms with van der Waals surface area (Å²) in [5, 5.41) is 26.3. The number of anilines is 2. The van der Waals surface area contributed by atoms with Crippen molar-refractivity contribution in [2.24, 2.45) is 5.92 Å². The lowest BCUT2D eigenvalue weighted by molar-refractivity contribution is -0.129. The number of aryl methyl sites for hydroxylation is 1. The van der Waals surface area contributed by atoms with Crippen molar-refractivity contribution in [2.75, 3.05) is 31.8 Å². The Morgan fingerprint density at radius 2 is 1.90 bits per heavy atom. The van der Waals surface area contributed by atoms with Gasteiger partial charge in [0.2, 0.25) is 5.91 Å². The number of phosphoric ester groups is 2. The zero-order chi connectivity index (χ0) is 45.4. The largest absolute Gasteiger partial charge is 0.472 e. The zero-order valence-corrected chi connectivity index (χ0v) is 35.4. The standard InChI is InChI=1S/C35H46ClN9O15P2/c1-3-4-8-27(47)42-22(10-9-19-6-5-7-20(36)13-19)23(46)14-21-24(59-34(29(21)48)45-18-41-28-31(38)39-17-40-32(28)45)15-58-62(54,55)60-30(25(56-2)16-57-61(51,52)53)33(49)44-12-11-26(37)43-35(44)50/h3,5-7,11-13,17-18,21-22,24-25,29-30,33-34,48-49H,1,4,8-10,14-16H2,2H3,(H,42,47)(H,54,55)(H2,37,43,50)(H2,38,39,40)(H2,51,52,53)/t21-,22+,24-,25-,29-,30-,33-,34-/m1/s1. The van der Waals surface area contributed by atoms with Crippen molar-refractivity contribution in [1.29, 1.82) is 0 Å². The highest BCUT2D eigenvalue weighted by Gasteiger charge is 2.48. The first kappa shape index (κ1) is 48.5. The van der Waals surface area contributed by atoms with Crippen LogP contribution in [0.4, 0.5) is 11.6 Å². The predicted octanol–water partition coefficient (Wildman–Crippen LogP) is 0.936. The average molecular weight is 930 g/mol. The first-order valence-electron chi connectivity index (χ1n) is 18.7. The minimum atomic E-state index is -5.46. The number of ether oxygens (including phenoxy) is 2. The molecule has 1 aromatic carbocycles. The van der Waals surface area contributed by atoms with Crippen LogP contribution in [0.1, 0.15) is 43.7 Å². The molecule has 0 aliphatic carbocycles. The highest BCUT2D eigenvalue weighted by molar-refractivity contribution is 7.47. The number of fused-ring (bicyclic) bond motifs is 1. The number of hydrogen-bond acceptors (Lipinski definition) is 18. The molecule has 4 heterocycles. The number of nitrogens with zero attached hydrogens (tertiary/aromatic N) is 6. The molecule has 0 saturated carbocycles. The minimum Gasteiger partial charge on any atom is -0.388 e. The number of amides is 1. The van der Waals surface area contributed by atoms with Gasteiger partial charge in [0.15, 0.2) is 29.7 Å². The molecule has 27 heteroatoms. The summed E-state index contributed by atoms with van der Waals surface area (Å²) in [4.78, 5) is 85.2. The fourth-order valence-corrected chi connectivity index (χ4v) is 8.11. The molecular formula is C35H46ClN9O15P2. The molecule has 0 bridgehead atoms. The summed E-state index contributed by atoms with van der Waals surface area (Å²) in [5.74, 6) is -2.43. The fourth-order valence-electron chi connectivity index (χ4n) is 6.60. The fraction of sp³-hybridized carbons (Fsp3) is 0.457. The number of allylic oxidation sites excluding steroid dienone is 1. The van der Waals surface area contributed by atoms with Gasteiger partial charge in [-0.3, -0.25) is 32.3 Å². The Kier molecular flexibility index (Phi) is 16.6. The predicted molar refractivity (Wildman–Crippen MR) is 218 cm³/mol. The van der Waals surface area contributed by atoms with Crippen LogP contribution in [0.2, 0.25) is 5.02 Å². The van der Waals surface area contributed by atoms with Gasteiger partial charge >= 0.3 is 21.3 Å². The Bertz CT molecular complexity index is 2370. The highest BCUT2D eigenvalue weighted by atomic mass is 35.5.